The number of imidazole rings is 2. The van der Waals surface area contributed by atoms with Crippen LogP contribution in [0, 0.1) is 41.6 Å². The summed E-state index contributed by atoms with van der Waals surface area (Å²) < 4.78 is 68.9. The molecule has 4 aromatic heterocycles. The van der Waals surface area contributed by atoms with Crippen LogP contribution in [0.25, 0.3) is 27.2 Å². The Morgan fingerprint density at radius 2 is 1.85 bits per heavy atom. The van der Waals surface area contributed by atoms with E-state index in [1.54, 1.807) is 44.4 Å². The Bertz CT molecular complexity index is 2980. The van der Waals surface area contributed by atoms with E-state index in [1.165, 1.54) is 24.3 Å². The molecule has 6 heterocycles. The van der Waals surface area contributed by atoms with E-state index in [-0.39, 0.29) is 80.1 Å². The molecule has 5 aromatic rings. The number of fused-ring (bicyclic) bond motifs is 7. The highest BCUT2D eigenvalue weighted by molar-refractivity contribution is 8.07. The number of phosphoric ester groups is 1. The summed E-state index contributed by atoms with van der Waals surface area (Å²) in [5, 5.41) is 14.9. The highest BCUT2D eigenvalue weighted by atomic mass is 32.5. The van der Waals surface area contributed by atoms with Crippen molar-refractivity contribution >= 4 is 72.3 Å². The lowest BCUT2D eigenvalue weighted by molar-refractivity contribution is -0.118. The maximum Gasteiger partial charge on any atom is 0.475 e. The number of rotatable bonds is 13. The van der Waals surface area contributed by atoms with E-state index in [1.807, 2.05) is 23.6 Å². The second kappa shape index (κ2) is 19.2. The number of aromatic nitrogens is 8. The zero-order valence-corrected chi connectivity index (χ0v) is 39.6. The SMILES string of the molecule is [C-]#[N+]CCOP1(=S)OC[C@H]2O[C@@H](n3cnc4c(=O)[nH]c(NC(=O)C(C)C)nc43)[C@H](OP(=O)(OCCC#N)OC[C@@H]3[C@@H](O1)[C@@H](C)[C@]1(n4cnc5c(NC(=O)c6ccccc6)ncnc54)C[C@@H]31)[C@@H]2OC. The van der Waals surface area contributed by atoms with E-state index in [0.29, 0.717) is 23.1 Å². The van der Waals surface area contributed by atoms with Gasteiger partial charge in [-0.3, -0.25) is 42.8 Å². The van der Waals surface area contributed by atoms with Gasteiger partial charge in [0.25, 0.3) is 11.5 Å². The van der Waals surface area contributed by atoms with Gasteiger partial charge in [-0.05, 0) is 36.3 Å². The molecule has 2 amide bonds. The van der Waals surface area contributed by atoms with Crippen molar-refractivity contribution in [3.05, 3.63) is 76.6 Å². The third-order valence-electron chi connectivity index (χ3n) is 12.6. The standard InChI is InChI=1S/C41H46N12O12P2S/c1-22(2)36(54)50-40-49-35-29(38(56)51-40)46-20-52(35)39-32-31(58-5)27(63-39)18-62-67(68,60-15-13-43-4)65-30-23(3)41(16-26(41)25(30)17-61-66(57,64-32)59-14-9-12-42)53-21-47-28-33(44-19-45-34(28)53)48-37(55)24-10-7-6-8-11-24/h6-8,10-11,19-23,25-27,30-32,39H,9,13-18H2,1-3,5H3,(H,44,45,48,55)(H2,49,50,51,54,56)/t23-,25+,26+,27-,30+,31-,32-,39-,41-,66?,67?/m1/s1. The van der Waals surface area contributed by atoms with Gasteiger partial charge in [-0.25, -0.2) is 31.1 Å². The van der Waals surface area contributed by atoms with Gasteiger partial charge in [0.1, 0.15) is 31.2 Å². The number of hydrogen-bond donors (Lipinski definition) is 3. The fourth-order valence-corrected chi connectivity index (χ4v) is 12.8. The molecule has 2 unspecified atom stereocenters. The molecule has 2 aliphatic heterocycles. The molecule has 0 radical (unpaired) electrons. The first-order valence-electron chi connectivity index (χ1n) is 21.6. The molecule has 27 heteroatoms. The molecule has 2 aliphatic carbocycles. The minimum absolute atomic E-state index is 0.0307. The molecule has 3 N–H and O–H groups in total. The van der Waals surface area contributed by atoms with Crippen LogP contribution in [0.4, 0.5) is 11.8 Å². The number of H-pyrrole nitrogens is 1. The second-order valence-electron chi connectivity index (χ2n) is 16.8. The third kappa shape index (κ3) is 8.89. The lowest BCUT2D eigenvalue weighted by Gasteiger charge is -2.34. The van der Waals surface area contributed by atoms with E-state index in [9.17, 15) is 19.6 Å². The van der Waals surface area contributed by atoms with E-state index in [0.717, 1.165) is 0 Å². The van der Waals surface area contributed by atoms with Gasteiger partial charge in [-0.15, -0.1) is 0 Å². The highest BCUT2D eigenvalue weighted by Crippen LogP contribution is 2.71. The number of nitriles is 1. The minimum Gasteiger partial charge on any atom is -0.376 e. The first kappa shape index (κ1) is 47.7. The van der Waals surface area contributed by atoms with E-state index in [2.05, 4.69) is 45.4 Å². The van der Waals surface area contributed by atoms with Crippen molar-refractivity contribution in [1.82, 2.24) is 39.0 Å². The molecule has 11 atom stereocenters. The molecule has 2 saturated carbocycles. The van der Waals surface area contributed by atoms with Gasteiger partial charge in [0.15, 0.2) is 34.4 Å². The van der Waals surface area contributed by atoms with Crippen LogP contribution in [0.3, 0.4) is 0 Å². The van der Waals surface area contributed by atoms with Crippen LogP contribution < -0.4 is 16.2 Å². The predicted octanol–water partition coefficient (Wildman–Crippen LogP) is 4.72. The Kier molecular flexibility index (Phi) is 13.4. The summed E-state index contributed by atoms with van der Waals surface area (Å²) in [5.74, 6) is -2.39. The smallest absolute Gasteiger partial charge is 0.376 e. The summed E-state index contributed by atoms with van der Waals surface area (Å²) >= 11 is 6.12. The van der Waals surface area contributed by atoms with Crippen molar-refractivity contribution in [1.29, 1.82) is 5.26 Å². The summed E-state index contributed by atoms with van der Waals surface area (Å²) in [6.07, 6.45) is -0.970. The number of carbonyl (C=O) groups is 2. The Morgan fingerprint density at radius 3 is 2.60 bits per heavy atom. The lowest BCUT2D eigenvalue weighted by atomic mass is 9.94. The molecule has 0 spiro atoms. The summed E-state index contributed by atoms with van der Waals surface area (Å²) in [6.45, 7) is 7.81. The maximum absolute atomic E-state index is 15.1. The second-order valence-corrected chi connectivity index (χ2v) is 21.4. The fourth-order valence-electron chi connectivity index (χ4n) is 9.23. The maximum atomic E-state index is 15.1. The Balaban J connectivity index is 1.08. The highest BCUT2D eigenvalue weighted by Gasteiger charge is 2.72. The van der Waals surface area contributed by atoms with Gasteiger partial charge in [-0.2, -0.15) is 10.2 Å². The van der Waals surface area contributed by atoms with E-state index < -0.39 is 74.0 Å². The third-order valence-corrected chi connectivity index (χ3v) is 16.4. The zero-order chi connectivity index (χ0) is 48.0. The van der Waals surface area contributed by atoms with Crippen LogP contribution in [0.5, 0.6) is 0 Å². The van der Waals surface area contributed by atoms with Crippen molar-refractivity contribution in [2.24, 2.45) is 23.7 Å². The monoisotopic (exact) mass is 992 g/mol. The average molecular weight is 993 g/mol. The van der Waals surface area contributed by atoms with Crippen molar-refractivity contribution in [3.8, 4) is 6.07 Å². The summed E-state index contributed by atoms with van der Waals surface area (Å²) in [7, 11) is -3.33. The summed E-state index contributed by atoms with van der Waals surface area (Å²) in [5.41, 5.74) is -0.315. The number of phosphoric acid groups is 1. The number of nitrogens with one attached hydrogen (secondary N) is 3. The van der Waals surface area contributed by atoms with Crippen LogP contribution in [0.2, 0.25) is 0 Å². The van der Waals surface area contributed by atoms with Crippen LogP contribution >= 0.6 is 14.5 Å². The van der Waals surface area contributed by atoms with Gasteiger partial charge in [0, 0.05) is 30.4 Å². The molecule has 358 valence electrons. The molecule has 2 saturated heterocycles. The Labute approximate surface area is 393 Å². The zero-order valence-electron chi connectivity index (χ0n) is 37.0. The van der Waals surface area contributed by atoms with Crippen LogP contribution in [-0.2, 0) is 63.3 Å². The largest absolute Gasteiger partial charge is 0.475 e. The van der Waals surface area contributed by atoms with Crippen molar-refractivity contribution in [2.75, 3.05) is 50.7 Å². The molecule has 24 nitrogen and oxygen atoms in total. The van der Waals surface area contributed by atoms with Crippen molar-refractivity contribution in [2.45, 2.75) is 69.8 Å². The Hall–Kier alpha value is -5.40. The van der Waals surface area contributed by atoms with E-state index in [4.69, 9.17) is 55.0 Å². The number of methoxy groups -OCH3 is 1. The minimum atomic E-state index is -4.70. The van der Waals surface area contributed by atoms with Gasteiger partial charge in [0.05, 0.1) is 56.6 Å². The number of aromatic amines is 1. The average Bonchev–Trinajstić information content (AvgIpc) is 3.59. The number of anilines is 2. The van der Waals surface area contributed by atoms with Crippen LogP contribution in [-0.4, -0.2) is 115 Å². The number of amides is 2. The molecule has 4 aliphatic rings. The van der Waals surface area contributed by atoms with Gasteiger partial charge < -0.3 is 37.8 Å². The number of nitrogens with zero attached hydrogens (tertiary/aromatic N) is 9. The van der Waals surface area contributed by atoms with Gasteiger partial charge in [-0.1, -0.05) is 39.0 Å². The first-order valence-corrected chi connectivity index (χ1v) is 25.6. The van der Waals surface area contributed by atoms with Crippen LogP contribution in [0.1, 0.15) is 50.2 Å². The molecule has 68 heavy (non-hydrogen) atoms. The molecule has 2 bridgehead atoms. The first-order chi connectivity index (χ1) is 32.7. The Morgan fingerprint density at radius 1 is 1.06 bits per heavy atom. The quantitative estimate of drug-likeness (QED) is 0.0817. The predicted molar refractivity (Wildman–Crippen MR) is 242 cm³/mol. The number of benzene rings is 1. The van der Waals surface area contributed by atoms with Crippen molar-refractivity contribution in [3.63, 3.8) is 0 Å². The van der Waals surface area contributed by atoms with Crippen molar-refractivity contribution < 1.29 is 50.8 Å². The fraction of sp³-hybridized carbons (Fsp3) is 0.512. The summed E-state index contributed by atoms with van der Waals surface area (Å²) in [6, 6.07) is 10.7. The normalized spacial score (nSPS) is 31.2. The summed E-state index contributed by atoms with van der Waals surface area (Å²) in [4.78, 5) is 67.3. The number of ether oxygens (including phenoxy) is 2. The number of carbonyl (C=O) groups excluding carboxylic acids is 2. The van der Waals surface area contributed by atoms with Gasteiger partial charge >= 0.3 is 14.5 Å². The molecule has 4 fully saturated rings. The lowest BCUT2D eigenvalue weighted by Crippen LogP contribution is -2.37. The topological polar surface area (TPSA) is 284 Å². The number of hydrogen-bond acceptors (Lipinski definition) is 19. The molecule has 1 aromatic carbocycles. The van der Waals surface area contributed by atoms with Gasteiger partial charge in [0.2, 0.25) is 18.4 Å². The van der Waals surface area contributed by atoms with E-state index >= 15 is 4.57 Å². The molecule has 9 rings (SSSR count). The molecular weight excluding hydrogens is 947 g/mol. The van der Waals surface area contributed by atoms with Crippen LogP contribution in [0.15, 0.2) is 54.1 Å². The molecular formula is C41H46N12O12P2S.